The Labute approximate surface area is 200 Å². The maximum Gasteiger partial charge on any atom is 0.321 e. The highest BCUT2D eigenvalue weighted by Crippen LogP contribution is 2.23. The van der Waals surface area contributed by atoms with Crippen molar-refractivity contribution in [3.8, 4) is 11.8 Å². The van der Waals surface area contributed by atoms with E-state index in [0.717, 1.165) is 34.1 Å². The van der Waals surface area contributed by atoms with E-state index in [-0.39, 0.29) is 6.01 Å². The highest BCUT2D eigenvalue weighted by molar-refractivity contribution is 6.30. The SMILES string of the molecule is Cn1c(NCc2ccc(Oc3ncc(Cl)cn3)cc2)nc2ccc(NCc3ncccn3)cc21. The van der Waals surface area contributed by atoms with Crippen LogP contribution in [0, 0.1) is 0 Å². The van der Waals surface area contributed by atoms with Gasteiger partial charge in [0, 0.05) is 31.7 Å². The maximum atomic E-state index is 5.80. The summed E-state index contributed by atoms with van der Waals surface area (Å²) in [5, 5.41) is 7.22. The third-order valence-electron chi connectivity index (χ3n) is 5.13. The number of nitrogens with zero attached hydrogens (tertiary/aromatic N) is 6. The number of fused-ring (bicyclic) bond motifs is 1. The molecule has 10 heteroatoms. The van der Waals surface area contributed by atoms with Gasteiger partial charge in [0.1, 0.15) is 11.6 Å². The second-order valence-electron chi connectivity index (χ2n) is 7.50. The summed E-state index contributed by atoms with van der Waals surface area (Å²) in [6, 6.07) is 15.8. The third kappa shape index (κ3) is 5.05. The lowest BCUT2D eigenvalue weighted by Gasteiger charge is -2.08. The molecule has 0 unspecified atom stereocenters. The van der Waals surface area contributed by atoms with E-state index >= 15 is 0 Å². The molecule has 2 aromatic carbocycles. The molecule has 5 rings (SSSR count). The van der Waals surface area contributed by atoms with Crippen LogP contribution in [-0.2, 0) is 20.1 Å². The first-order chi connectivity index (χ1) is 16.6. The number of hydrogen-bond donors (Lipinski definition) is 2. The number of ether oxygens (including phenoxy) is 1. The fraction of sp³-hybridized carbons (Fsp3) is 0.125. The van der Waals surface area contributed by atoms with Gasteiger partial charge in [-0.2, -0.15) is 0 Å². The molecule has 9 nitrogen and oxygen atoms in total. The van der Waals surface area contributed by atoms with Crippen LogP contribution in [0.1, 0.15) is 11.4 Å². The summed E-state index contributed by atoms with van der Waals surface area (Å²) in [7, 11) is 1.99. The van der Waals surface area contributed by atoms with Gasteiger partial charge in [-0.15, -0.1) is 0 Å². The molecule has 3 heterocycles. The Morgan fingerprint density at radius 2 is 1.68 bits per heavy atom. The van der Waals surface area contributed by atoms with Crippen molar-refractivity contribution in [1.82, 2.24) is 29.5 Å². The van der Waals surface area contributed by atoms with E-state index < -0.39 is 0 Å². The summed E-state index contributed by atoms with van der Waals surface area (Å²) in [6.45, 7) is 1.17. The van der Waals surface area contributed by atoms with E-state index in [4.69, 9.17) is 21.3 Å². The van der Waals surface area contributed by atoms with E-state index in [9.17, 15) is 0 Å². The average molecular weight is 473 g/mol. The first-order valence-electron chi connectivity index (χ1n) is 10.6. The molecule has 0 aliphatic heterocycles. The van der Waals surface area contributed by atoms with Crippen molar-refractivity contribution in [3.63, 3.8) is 0 Å². The van der Waals surface area contributed by atoms with Crippen LogP contribution in [-0.4, -0.2) is 29.5 Å². The van der Waals surface area contributed by atoms with Gasteiger partial charge >= 0.3 is 6.01 Å². The highest BCUT2D eigenvalue weighted by atomic mass is 35.5. The number of nitrogens with one attached hydrogen (secondary N) is 2. The van der Waals surface area contributed by atoms with Gasteiger partial charge in [0.2, 0.25) is 5.95 Å². The minimum atomic E-state index is 0.250. The third-order valence-corrected chi connectivity index (χ3v) is 5.33. The predicted octanol–water partition coefficient (Wildman–Crippen LogP) is 4.82. The van der Waals surface area contributed by atoms with Crippen LogP contribution in [0.5, 0.6) is 11.8 Å². The van der Waals surface area contributed by atoms with Gasteiger partial charge in [0.25, 0.3) is 0 Å². The Balaban J connectivity index is 1.22. The minimum absolute atomic E-state index is 0.250. The second-order valence-corrected chi connectivity index (χ2v) is 7.94. The van der Waals surface area contributed by atoms with Gasteiger partial charge < -0.3 is 19.9 Å². The lowest BCUT2D eigenvalue weighted by Crippen LogP contribution is -2.05. The molecule has 0 saturated carbocycles. The lowest BCUT2D eigenvalue weighted by atomic mass is 10.2. The van der Waals surface area contributed by atoms with E-state index in [2.05, 4.69) is 36.6 Å². The number of rotatable bonds is 8. The molecule has 5 aromatic rings. The molecule has 0 aliphatic rings. The van der Waals surface area contributed by atoms with Crippen LogP contribution < -0.4 is 15.4 Å². The normalized spacial score (nSPS) is 10.9. The smallest absolute Gasteiger partial charge is 0.321 e. The molecule has 0 spiro atoms. The topological polar surface area (TPSA) is 103 Å². The van der Waals surface area contributed by atoms with Gasteiger partial charge in [-0.05, 0) is 42.0 Å². The Kier molecular flexibility index (Phi) is 6.17. The quantitative estimate of drug-likeness (QED) is 0.331. The Morgan fingerprint density at radius 1 is 0.912 bits per heavy atom. The van der Waals surface area contributed by atoms with Crippen molar-refractivity contribution >= 4 is 34.3 Å². The number of aryl methyl sites for hydroxylation is 1. The largest absolute Gasteiger partial charge is 0.424 e. The number of anilines is 2. The molecule has 0 amide bonds. The lowest BCUT2D eigenvalue weighted by molar-refractivity contribution is 0.441. The summed E-state index contributed by atoms with van der Waals surface area (Å²) in [6.07, 6.45) is 6.47. The fourth-order valence-electron chi connectivity index (χ4n) is 3.38. The molecular formula is C24H21ClN8O. The zero-order chi connectivity index (χ0) is 23.3. The van der Waals surface area contributed by atoms with E-state index in [1.165, 1.54) is 12.4 Å². The molecule has 170 valence electrons. The van der Waals surface area contributed by atoms with Crippen LogP contribution in [0.15, 0.2) is 73.3 Å². The molecule has 0 atom stereocenters. The molecule has 34 heavy (non-hydrogen) atoms. The predicted molar refractivity (Wildman–Crippen MR) is 131 cm³/mol. The molecular weight excluding hydrogens is 452 g/mol. The molecule has 0 fully saturated rings. The number of halogens is 1. The molecule has 0 aliphatic carbocycles. The first-order valence-corrected chi connectivity index (χ1v) is 11.0. The van der Waals surface area contributed by atoms with E-state index in [1.807, 2.05) is 48.0 Å². The number of imidazole rings is 1. The summed E-state index contributed by atoms with van der Waals surface area (Å²) in [5.74, 6) is 2.18. The van der Waals surface area contributed by atoms with Crippen LogP contribution in [0.2, 0.25) is 5.02 Å². The number of hydrogen-bond acceptors (Lipinski definition) is 8. The number of benzene rings is 2. The average Bonchev–Trinajstić information content (AvgIpc) is 3.19. The van der Waals surface area contributed by atoms with E-state index in [1.54, 1.807) is 18.5 Å². The summed E-state index contributed by atoms with van der Waals surface area (Å²) < 4.78 is 7.67. The monoisotopic (exact) mass is 472 g/mol. The van der Waals surface area contributed by atoms with Crippen molar-refractivity contribution in [3.05, 3.63) is 89.7 Å². The molecule has 0 saturated heterocycles. The Hall–Kier alpha value is -4.24. The van der Waals surface area contributed by atoms with Crippen molar-refractivity contribution in [2.45, 2.75) is 13.1 Å². The van der Waals surface area contributed by atoms with Crippen LogP contribution in [0.25, 0.3) is 11.0 Å². The highest BCUT2D eigenvalue weighted by Gasteiger charge is 2.09. The van der Waals surface area contributed by atoms with Crippen molar-refractivity contribution in [2.75, 3.05) is 10.6 Å². The minimum Gasteiger partial charge on any atom is -0.424 e. The van der Waals surface area contributed by atoms with Crippen LogP contribution in [0.4, 0.5) is 11.6 Å². The van der Waals surface area contributed by atoms with Crippen molar-refractivity contribution < 1.29 is 4.74 Å². The van der Waals surface area contributed by atoms with Gasteiger partial charge in [0.15, 0.2) is 0 Å². The molecule has 3 aromatic heterocycles. The van der Waals surface area contributed by atoms with Gasteiger partial charge in [-0.25, -0.2) is 24.9 Å². The zero-order valence-electron chi connectivity index (χ0n) is 18.3. The van der Waals surface area contributed by atoms with E-state index in [0.29, 0.717) is 23.9 Å². The van der Waals surface area contributed by atoms with Crippen molar-refractivity contribution in [2.24, 2.45) is 7.05 Å². The van der Waals surface area contributed by atoms with Crippen LogP contribution in [0.3, 0.4) is 0 Å². The summed E-state index contributed by atoms with van der Waals surface area (Å²) >= 11 is 5.80. The standard InChI is InChI=1S/C24H21ClN8O/c1-33-21-11-18(28-15-22-26-9-2-10-27-22)5-8-20(21)32-23(33)29-12-16-3-6-19(7-4-16)34-24-30-13-17(25)14-31-24/h2-11,13-14,28H,12,15H2,1H3,(H,29,32). The fourth-order valence-corrected chi connectivity index (χ4v) is 3.47. The maximum absolute atomic E-state index is 5.80. The Morgan fingerprint density at radius 3 is 2.44 bits per heavy atom. The van der Waals surface area contributed by atoms with Crippen molar-refractivity contribution in [1.29, 1.82) is 0 Å². The first kappa shape index (κ1) is 21.6. The van der Waals surface area contributed by atoms with Gasteiger partial charge in [-0.1, -0.05) is 23.7 Å². The van der Waals surface area contributed by atoms with Crippen LogP contribution >= 0.6 is 11.6 Å². The molecule has 2 N–H and O–H groups in total. The molecule has 0 bridgehead atoms. The second kappa shape index (κ2) is 9.72. The molecule has 0 radical (unpaired) electrons. The van der Waals surface area contributed by atoms with Gasteiger partial charge in [0.05, 0.1) is 35.0 Å². The zero-order valence-corrected chi connectivity index (χ0v) is 19.1. The van der Waals surface area contributed by atoms with Gasteiger partial charge in [-0.3, -0.25) is 0 Å². The number of aromatic nitrogens is 6. The Bertz CT molecular complexity index is 1390. The summed E-state index contributed by atoms with van der Waals surface area (Å²) in [5.41, 5.74) is 4.00. The summed E-state index contributed by atoms with van der Waals surface area (Å²) in [4.78, 5) is 21.3.